The van der Waals surface area contributed by atoms with Gasteiger partial charge in [0.25, 0.3) is 0 Å². The summed E-state index contributed by atoms with van der Waals surface area (Å²) >= 11 is 0. The highest BCUT2D eigenvalue weighted by atomic mass is 16.2. The van der Waals surface area contributed by atoms with E-state index in [1.165, 1.54) is 19.8 Å². The highest BCUT2D eigenvalue weighted by Gasteiger charge is 2.26. The molecule has 3 heteroatoms. The Kier molecular flexibility index (Phi) is 3.46. The van der Waals surface area contributed by atoms with Gasteiger partial charge in [-0.3, -0.25) is 9.59 Å². The molecule has 3 nitrogen and oxygen atoms in total. The Morgan fingerprint density at radius 2 is 2.00 bits per heavy atom. The summed E-state index contributed by atoms with van der Waals surface area (Å²) in [6.45, 7) is 4.99. The number of hydrogen-bond donors (Lipinski definition) is 0. The van der Waals surface area contributed by atoms with Crippen molar-refractivity contribution in [1.82, 2.24) is 4.90 Å². The average molecular weight is 183 g/mol. The molecule has 1 saturated carbocycles. The van der Waals surface area contributed by atoms with Gasteiger partial charge in [0.1, 0.15) is 5.78 Å². The minimum Gasteiger partial charge on any atom is -0.342 e. The molecular weight excluding hydrogens is 166 g/mol. The van der Waals surface area contributed by atoms with E-state index in [4.69, 9.17) is 0 Å². The zero-order valence-electron chi connectivity index (χ0n) is 8.38. The molecule has 1 aliphatic carbocycles. The van der Waals surface area contributed by atoms with E-state index >= 15 is 0 Å². The quantitative estimate of drug-likeness (QED) is 0.601. The van der Waals surface area contributed by atoms with Crippen molar-refractivity contribution in [3.8, 4) is 0 Å². The molecule has 0 aromatic heterocycles. The van der Waals surface area contributed by atoms with Crippen molar-refractivity contribution in [2.45, 2.75) is 33.1 Å². The lowest BCUT2D eigenvalue weighted by Gasteiger charge is -2.19. The number of ketones is 1. The number of Topliss-reactive ketones (excluding diaryl/α,β-unsaturated/α-hetero) is 1. The van der Waals surface area contributed by atoms with Crippen LogP contribution in [-0.4, -0.2) is 29.7 Å². The van der Waals surface area contributed by atoms with Crippen LogP contribution in [0, 0.1) is 5.92 Å². The van der Waals surface area contributed by atoms with Gasteiger partial charge in [-0.15, -0.1) is 0 Å². The van der Waals surface area contributed by atoms with Gasteiger partial charge in [0, 0.05) is 13.1 Å². The molecule has 0 heterocycles. The van der Waals surface area contributed by atoms with Crippen LogP contribution < -0.4 is 0 Å². The summed E-state index contributed by atoms with van der Waals surface area (Å²) in [6, 6.07) is 0. The van der Waals surface area contributed by atoms with Gasteiger partial charge in [-0.1, -0.05) is 0 Å². The van der Waals surface area contributed by atoms with Crippen LogP contribution in [0.2, 0.25) is 0 Å². The van der Waals surface area contributed by atoms with Gasteiger partial charge in [-0.25, -0.2) is 0 Å². The first-order chi connectivity index (χ1) is 6.13. The molecule has 0 N–H and O–H groups in total. The fourth-order valence-corrected chi connectivity index (χ4v) is 1.34. The lowest BCUT2D eigenvalue weighted by atomic mass is 10.2. The van der Waals surface area contributed by atoms with Crippen molar-refractivity contribution in [2.75, 3.05) is 13.1 Å². The minimum atomic E-state index is -0.0424. The molecule has 1 rings (SSSR count). The zero-order chi connectivity index (χ0) is 9.84. The molecule has 0 saturated heterocycles. The van der Waals surface area contributed by atoms with E-state index < -0.39 is 0 Å². The van der Waals surface area contributed by atoms with E-state index in [0.717, 1.165) is 13.1 Å². The summed E-state index contributed by atoms with van der Waals surface area (Å²) in [6.07, 6.45) is 2.55. The molecule has 0 unspecified atom stereocenters. The van der Waals surface area contributed by atoms with Crippen molar-refractivity contribution in [3.05, 3.63) is 0 Å². The second-order valence-electron chi connectivity index (χ2n) is 3.75. The maximum Gasteiger partial charge on any atom is 0.230 e. The maximum atomic E-state index is 11.5. The molecule has 0 spiro atoms. The van der Waals surface area contributed by atoms with Crippen molar-refractivity contribution in [2.24, 2.45) is 5.92 Å². The summed E-state index contributed by atoms with van der Waals surface area (Å²) in [4.78, 5) is 24.0. The number of amides is 1. The Labute approximate surface area is 79.1 Å². The number of rotatable bonds is 5. The van der Waals surface area contributed by atoms with E-state index in [9.17, 15) is 9.59 Å². The van der Waals surface area contributed by atoms with E-state index in [0.29, 0.717) is 5.92 Å². The first-order valence-electron chi connectivity index (χ1n) is 4.90. The Hall–Kier alpha value is -0.860. The lowest BCUT2D eigenvalue weighted by molar-refractivity contribution is -0.134. The Bertz CT molecular complexity index is 209. The molecule has 0 bridgehead atoms. The standard InChI is InChI=1S/C10H17NO2/c1-3-11(7-9-4-5-9)10(13)6-8(2)12/h9H,3-7H2,1-2H3. The summed E-state index contributed by atoms with van der Waals surface area (Å²) in [5, 5.41) is 0. The largest absolute Gasteiger partial charge is 0.342 e. The van der Waals surface area contributed by atoms with E-state index in [1.54, 1.807) is 4.90 Å². The smallest absolute Gasteiger partial charge is 0.230 e. The summed E-state index contributed by atoms with van der Waals surface area (Å²) in [7, 11) is 0. The van der Waals surface area contributed by atoms with Gasteiger partial charge in [-0.05, 0) is 32.6 Å². The summed E-state index contributed by atoms with van der Waals surface area (Å²) in [5.41, 5.74) is 0. The van der Waals surface area contributed by atoms with Gasteiger partial charge >= 0.3 is 0 Å². The molecule has 1 aliphatic rings. The number of hydrogen-bond acceptors (Lipinski definition) is 2. The highest BCUT2D eigenvalue weighted by Crippen LogP contribution is 2.29. The van der Waals surface area contributed by atoms with Crippen LogP contribution in [0.3, 0.4) is 0 Å². The van der Waals surface area contributed by atoms with Crippen LogP contribution in [0.15, 0.2) is 0 Å². The number of carbonyl (C=O) groups is 2. The van der Waals surface area contributed by atoms with Gasteiger partial charge in [0.05, 0.1) is 6.42 Å². The Morgan fingerprint density at radius 3 is 2.38 bits per heavy atom. The van der Waals surface area contributed by atoms with E-state index in [-0.39, 0.29) is 18.1 Å². The minimum absolute atomic E-state index is 0.0121. The zero-order valence-corrected chi connectivity index (χ0v) is 8.38. The molecular formula is C10H17NO2. The van der Waals surface area contributed by atoms with Crippen LogP contribution in [0.5, 0.6) is 0 Å². The highest BCUT2D eigenvalue weighted by molar-refractivity contribution is 5.96. The fraction of sp³-hybridized carbons (Fsp3) is 0.800. The molecule has 0 aromatic rings. The Balaban J connectivity index is 2.34. The third kappa shape index (κ3) is 3.57. The molecule has 1 fully saturated rings. The Morgan fingerprint density at radius 1 is 1.38 bits per heavy atom. The lowest BCUT2D eigenvalue weighted by Crippen LogP contribution is -2.33. The molecule has 13 heavy (non-hydrogen) atoms. The summed E-state index contributed by atoms with van der Waals surface area (Å²) < 4.78 is 0. The van der Waals surface area contributed by atoms with Crippen LogP contribution in [-0.2, 0) is 9.59 Å². The maximum absolute atomic E-state index is 11.5. The molecule has 0 aromatic carbocycles. The van der Waals surface area contributed by atoms with E-state index in [1.807, 2.05) is 6.92 Å². The molecule has 1 amide bonds. The van der Waals surface area contributed by atoms with Crippen molar-refractivity contribution in [3.63, 3.8) is 0 Å². The normalized spacial score (nSPS) is 15.5. The van der Waals surface area contributed by atoms with Crippen molar-refractivity contribution < 1.29 is 9.59 Å². The topological polar surface area (TPSA) is 37.4 Å². The predicted molar refractivity (Wildman–Crippen MR) is 50.3 cm³/mol. The van der Waals surface area contributed by atoms with Crippen LogP contribution in [0.25, 0.3) is 0 Å². The van der Waals surface area contributed by atoms with Crippen molar-refractivity contribution >= 4 is 11.7 Å². The third-order valence-corrected chi connectivity index (χ3v) is 2.31. The molecule has 0 atom stereocenters. The van der Waals surface area contributed by atoms with Gasteiger partial charge in [0.15, 0.2) is 0 Å². The second kappa shape index (κ2) is 4.40. The van der Waals surface area contributed by atoms with Gasteiger partial charge < -0.3 is 4.90 Å². The predicted octanol–water partition coefficient (Wildman–Crippen LogP) is 1.22. The molecule has 0 aliphatic heterocycles. The second-order valence-corrected chi connectivity index (χ2v) is 3.75. The number of nitrogens with zero attached hydrogens (tertiary/aromatic N) is 1. The first kappa shape index (κ1) is 10.2. The van der Waals surface area contributed by atoms with Crippen LogP contribution in [0.4, 0.5) is 0 Å². The molecule has 74 valence electrons. The number of carbonyl (C=O) groups excluding carboxylic acids is 2. The summed E-state index contributed by atoms with van der Waals surface area (Å²) in [5.74, 6) is 0.650. The average Bonchev–Trinajstić information content (AvgIpc) is 2.81. The van der Waals surface area contributed by atoms with E-state index in [2.05, 4.69) is 0 Å². The van der Waals surface area contributed by atoms with Crippen molar-refractivity contribution in [1.29, 1.82) is 0 Å². The van der Waals surface area contributed by atoms with Gasteiger partial charge in [0.2, 0.25) is 5.91 Å². The van der Waals surface area contributed by atoms with Crippen LogP contribution >= 0.6 is 0 Å². The SMILES string of the molecule is CCN(CC1CC1)C(=O)CC(C)=O. The monoisotopic (exact) mass is 183 g/mol. The first-order valence-corrected chi connectivity index (χ1v) is 4.90. The third-order valence-electron chi connectivity index (χ3n) is 2.31. The van der Waals surface area contributed by atoms with Gasteiger partial charge in [-0.2, -0.15) is 0 Å². The molecule has 0 radical (unpaired) electrons. The fourth-order valence-electron chi connectivity index (χ4n) is 1.34. The van der Waals surface area contributed by atoms with Crippen LogP contribution in [0.1, 0.15) is 33.1 Å².